The lowest BCUT2D eigenvalue weighted by Crippen LogP contribution is -2.36. The Labute approximate surface area is 136 Å². The Hall–Kier alpha value is -1.46. The van der Waals surface area contributed by atoms with Gasteiger partial charge in [0.05, 0.1) is 6.61 Å². The van der Waals surface area contributed by atoms with Crippen LogP contribution in [0.1, 0.15) is 64.4 Å². The molecule has 0 aliphatic carbocycles. The molecule has 0 aromatic heterocycles. The van der Waals surface area contributed by atoms with E-state index in [1.54, 1.807) is 0 Å². The van der Waals surface area contributed by atoms with E-state index in [2.05, 4.69) is 37.1 Å². The number of unbranched alkanes of at least 4 members (excludes halogenated alkanes) is 4. The molecule has 0 bridgehead atoms. The highest BCUT2D eigenvalue weighted by Crippen LogP contribution is 2.18. The zero-order valence-electron chi connectivity index (χ0n) is 14.2. The standard InChI is InChI=1S/C20H31NO/c1-4-6-7-8-9-17-22-19-12-10-18(11-13-19)14-16-20(3,21)15-5-2/h2,10-13H,4,6-9,14-17,21H2,1,3H3/t20-/m0/s1. The number of nitrogens with two attached hydrogens (primary N) is 1. The Kier molecular flexibility index (Phi) is 8.70. The van der Waals surface area contributed by atoms with Gasteiger partial charge in [0.25, 0.3) is 0 Å². The second-order valence-corrected chi connectivity index (χ2v) is 6.44. The predicted octanol–water partition coefficient (Wildman–Crippen LogP) is 4.71. The van der Waals surface area contributed by atoms with Crippen molar-refractivity contribution in [3.63, 3.8) is 0 Å². The Balaban J connectivity index is 2.27. The topological polar surface area (TPSA) is 35.2 Å². The van der Waals surface area contributed by atoms with Crippen molar-refractivity contribution >= 4 is 0 Å². The zero-order chi connectivity index (χ0) is 16.3. The molecule has 0 aliphatic heterocycles. The summed E-state index contributed by atoms with van der Waals surface area (Å²) in [5.74, 6) is 3.61. The molecule has 122 valence electrons. The quantitative estimate of drug-likeness (QED) is 0.474. The van der Waals surface area contributed by atoms with Gasteiger partial charge in [-0.25, -0.2) is 0 Å². The first kappa shape index (κ1) is 18.6. The minimum absolute atomic E-state index is 0.275. The summed E-state index contributed by atoms with van der Waals surface area (Å²) in [5.41, 5.74) is 7.16. The van der Waals surface area contributed by atoms with Gasteiger partial charge in [0, 0.05) is 12.0 Å². The number of hydrogen-bond donors (Lipinski definition) is 1. The van der Waals surface area contributed by atoms with E-state index in [1.807, 2.05) is 6.92 Å². The maximum Gasteiger partial charge on any atom is 0.119 e. The van der Waals surface area contributed by atoms with E-state index < -0.39 is 0 Å². The number of aryl methyl sites for hydroxylation is 1. The van der Waals surface area contributed by atoms with Crippen LogP contribution < -0.4 is 10.5 Å². The molecule has 22 heavy (non-hydrogen) atoms. The van der Waals surface area contributed by atoms with Crippen LogP contribution in [-0.4, -0.2) is 12.1 Å². The summed E-state index contributed by atoms with van der Waals surface area (Å²) in [7, 11) is 0. The molecule has 1 rings (SSSR count). The second-order valence-electron chi connectivity index (χ2n) is 6.44. The highest BCUT2D eigenvalue weighted by Gasteiger charge is 2.16. The molecule has 0 heterocycles. The first-order valence-electron chi connectivity index (χ1n) is 8.51. The fourth-order valence-corrected chi connectivity index (χ4v) is 2.40. The molecule has 0 radical (unpaired) electrons. The van der Waals surface area contributed by atoms with E-state index in [9.17, 15) is 0 Å². The van der Waals surface area contributed by atoms with Crippen molar-refractivity contribution in [2.24, 2.45) is 5.73 Å². The van der Waals surface area contributed by atoms with Crippen LogP contribution in [-0.2, 0) is 6.42 Å². The smallest absolute Gasteiger partial charge is 0.119 e. The second kappa shape index (κ2) is 10.3. The van der Waals surface area contributed by atoms with Crippen molar-refractivity contribution in [2.75, 3.05) is 6.61 Å². The van der Waals surface area contributed by atoms with Gasteiger partial charge in [0.15, 0.2) is 0 Å². The van der Waals surface area contributed by atoms with Gasteiger partial charge in [0.2, 0.25) is 0 Å². The van der Waals surface area contributed by atoms with Crippen LogP contribution in [0, 0.1) is 12.3 Å². The molecule has 1 atom stereocenters. The fourth-order valence-electron chi connectivity index (χ4n) is 2.40. The van der Waals surface area contributed by atoms with Crippen LogP contribution in [0.3, 0.4) is 0 Å². The summed E-state index contributed by atoms with van der Waals surface area (Å²) in [4.78, 5) is 0. The minimum atomic E-state index is -0.275. The molecule has 2 heteroatoms. The SMILES string of the molecule is C#CC[C@](C)(N)CCc1ccc(OCCCCCCC)cc1. The largest absolute Gasteiger partial charge is 0.494 e. The maximum absolute atomic E-state index is 6.15. The van der Waals surface area contributed by atoms with E-state index in [-0.39, 0.29) is 5.54 Å². The van der Waals surface area contributed by atoms with Gasteiger partial charge in [0.1, 0.15) is 5.75 Å². The molecule has 0 saturated heterocycles. The molecule has 2 nitrogen and oxygen atoms in total. The van der Waals surface area contributed by atoms with E-state index >= 15 is 0 Å². The van der Waals surface area contributed by atoms with Crippen LogP contribution in [0.2, 0.25) is 0 Å². The number of rotatable bonds is 11. The summed E-state index contributed by atoms with van der Waals surface area (Å²) in [6, 6.07) is 8.35. The lowest BCUT2D eigenvalue weighted by Gasteiger charge is -2.21. The summed E-state index contributed by atoms with van der Waals surface area (Å²) in [6.45, 7) is 5.06. The summed E-state index contributed by atoms with van der Waals surface area (Å²) >= 11 is 0. The maximum atomic E-state index is 6.15. The fraction of sp³-hybridized carbons (Fsp3) is 0.600. The van der Waals surface area contributed by atoms with Gasteiger partial charge in [-0.15, -0.1) is 12.3 Å². The van der Waals surface area contributed by atoms with Crippen LogP contribution in [0.4, 0.5) is 0 Å². The van der Waals surface area contributed by atoms with Crippen molar-refractivity contribution in [2.45, 2.75) is 70.8 Å². The number of ether oxygens (including phenoxy) is 1. The monoisotopic (exact) mass is 301 g/mol. The minimum Gasteiger partial charge on any atom is -0.494 e. The van der Waals surface area contributed by atoms with Gasteiger partial charge in [-0.1, -0.05) is 44.7 Å². The first-order valence-corrected chi connectivity index (χ1v) is 8.51. The third kappa shape index (κ3) is 8.10. The van der Waals surface area contributed by atoms with Crippen LogP contribution in [0.5, 0.6) is 5.75 Å². The molecule has 0 saturated carbocycles. The molecule has 0 unspecified atom stereocenters. The first-order chi connectivity index (χ1) is 10.6. The van der Waals surface area contributed by atoms with E-state index in [0.29, 0.717) is 6.42 Å². The average Bonchev–Trinajstić information content (AvgIpc) is 2.50. The van der Waals surface area contributed by atoms with E-state index in [0.717, 1.165) is 31.6 Å². The molecule has 0 spiro atoms. The van der Waals surface area contributed by atoms with E-state index in [1.165, 1.54) is 31.2 Å². The lowest BCUT2D eigenvalue weighted by atomic mass is 9.91. The van der Waals surface area contributed by atoms with Crippen LogP contribution in [0.15, 0.2) is 24.3 Å². The molecule has 0 aliphatic rings. The van der Waals surface area contributed by atoms with Crippen LogP contribution >= 0.6 is 0 Å². The van der Waals surface area contributed by atoms with Crippen molar-refractivity contribution in [3.8, 4) is 18.1 Å². The third-order valence-electron chi connectivity index (χ3n) is 3.93. The number of terminal acetylenes is 1. The number of benzene rings is 1. The van der Waals surface area contributed by atoms with Gasteiger partial charge >= 0.3 is 0 Å². The van der Waals surface area contributed by atoms with Gasteiger partial charge in [-0.2, -0.15) is 0 Å². The van der Waals surface area contributed by atoms with Gasteiger partial charge in [-0.3, -0.25) is 0 Å². The van der Waals surface area contributed by atoms with Gasteiger partial charge in [-0.05, 0) is 43.9 Å². The Morgan fingerprint density at radius 1 is 1.14 bits per heavy atom. The molecule has 0 amide bonds. The third-order valence-corrected chi connectivity index (χ3v) is 3.93. The normalized spacial score (nSPS) is 13.4. The molecular weight excluding hydrogens is 270 g/mol. The highest BCUT2D eigenvalue weighted by atomic mass is 16.5. The number of hydrogen-bond acceptors (Lipinski definition) is 2. The Morgan fingerprint density at radius 2 is 1.82 bits per heavy atom. The molecule has 2 N–H and O–H groups in total. The predicted molar refractivity (Wildman–Crippen MR) is 95.1 cm³/mol. The Morgan fingerprint density at radius 3 is 2.45 bits per heavy atom. The zero-order valence-corrected chi connectivity index (χ0v) is 14.2. The molecule has 1 aromatic rings. The summed E-state index contributed by atoms with van der Waals surface area (Å²) < 4.78 is 5.77. The summed E-state index contributed by atoms with van der Waals surface area (Å²) in [6.07, 6.45) is 14.1. The van der Waals surface area contributed by atoms with E-state index in [4.69, 9.17) is 16.9 Å². The van der Waals surface area contributed by atoms with Gasteiger partial charge < -0.3 is 10.5 Å². The summed E-state index contributed by atoms with van der Waals surface area (Å²) in [5, 5.41) is 0. The lowest BCUT2D eigenvalue weighted by molar-refractivity contribution is 0.304. The van der Waals surface area contributed by atoms with Crippen molar-refractivity contribution in [1.82, 2.24) is 0 Å². The van der Waals surface area contributed by atoms with Crippen LogP contribution in [0.25, 0.3) is 0 Å². The molecule has 1 aromatic carbocycles. The molecule has 0 fully saturated rings. The van der Waals surface area contributed by atoms with Crippen molar-refractivity contribution in [1.29, 1.82) is 0 Å². The highest BCUT2D eigenvalue weighted by molar-refractivity contribution is 5.27. The Bertz CT molecular complexity index is 442. The average molecular weight is 301 g/mol. The molecular formula is C20H31NO. The van der Waals surface area contributed by atoms with Crippen molar-refractivity contribution < 1.29 is 4.74 Å². The van der Waals surface area contributed by atoms with Crippen molar-refractivity contribution in [3.05, 3.63) is 29.8 Å².